The first kappa shape index (κ1) is 19.9. The summed E-state index contributed by atoms with van der Waals surface area (Å²) < 4.78 is 11.3. The number of anilines is 1. The summed E-state index contributed by atoms with van der Waals surface area (Å²) in [6.07, 6.45) is -0.0963. The molecule has 26 heavy (non-hydrogen) atoms. The van der Waals surface area contributed by atoms with Gasteiger partial charge in [0.15, 0.2) is 0 Å². The van der Waals surface area contributed by atoms with Gasteiger partial charge in [-0.25, -0.2) is 4.79 Å². The number of nitrogens with one attached hydrogen (secondary N) is 1. The normalized spacial score (nSPS) is 15.9. The Labute approximate surface area is 154 Å². The van der Waals surface area contributed by atoms with Crippen LogP contribution in [0.25, 0.3) is 0 Å². The quantitative estimate of drug-likeness (QED) is 0.804. The van der Waals surface area contributed by atoms with E-state index in [1.807, 2.05) is 32.0 Å². The van der Waals surface area contributed by atoms with Crippen LogP contribution in [0.2, 0.25) is 0 Å². The smallest absolute Gasteiger partial charge is 0.415 e. The summed E-state index contributed by atoms with van der Waals surface area (Å²) >= 11 is 0. The maximum Gasteiger partial charge on any atom is 0.415 e. The fourth-order valence-electron chi connectivity index (χ4n) is 3.41. The van der Waals surface area contributed by atoms with E-state index in [1.54, 1.807) is 21.0 Å². The van der Waals surface area contributed by atoms with E-state index in [4.69, 9.17) is 9.47 Å². The molecule has 0 aliphatic carbocycles. The summed E-state index contributed by atoms with van der Waals surface area (Å²) in [4.78, 5) is 25.2. The molecule has 0 radical (unpaired) electrons. The number of cyclic esters (lactones) is 1. The number of nitrogens with zero attached hydrogens (tertiary/aromatic N) is 1. The summed E-state index contributed by atoms with van der Waals surface area (Å²) in [7, 11) is 1.56. The molecule has 1 aliphatic heterocycles. The molecule has 0 atom stereocenters. The first-order valence-corrected chi connectivity index (χ1v) is 8.87. The van der Waals surface area contributed by atoms with Crippen molar-refractivity contribution in [1.82, 2.24) is 5.32 Å². The Morgan fingerprint density at radius 2 is 2.00 bits per heavy atom. The van der Waals surface area contributed by atoms with Gasteiger partial charge in [-0.15, -0.1) is 0 Å². The molecule has 144 valence electrons. The molecule has 2 rings (SSSR count). The summed E-state index contributed by atoms with van der Waals surface area (Å²) in [5.74, 6) is 0.594. The molecule has 1 aliphatic rings. The predicted octanol–water partition coefficient (Wildman–Crippen LogP) is 2.77. The highest BCUT2D eigenvalue weighted by Gasteiger charge is 2.44. The lowest BCUT2D eigenvalue weighted by Crippen LogP contribution is -2.52. The van der Waals surface area contributed by atoms with Gasteiger partial charge in [0.1, 0.15) is 17.4 Å². The van der Waals surface area contributed by atoms with Gasteiger partial charge in [0, 0.05) is 17.6 Å². The molecule has 1 N–H and O–H groups in total. The number of hydrogen-bond donors (Lipinski definition) is 1. The van der Waals surface area contributed by atoms with E-state index in [9.17, 15) is 14.7 Å². The molecule has 0 spiro atoms. The maximum absolute atomic E-state index is 12.8. The number of para-hydroxylation sites is 1. The minimum atomic E-state index is -1.34. The largest absolute Gasteiger partial charge is 0.530 e. The van der Waals surface area contributed by atoms with Gasteiger partial charge in [0.25, 0.3) is 0 Å². The molecular weight excluding hydrogens is 336 g/mol. The Hall–Kier alpha value is -2.44. The number of fused-ring (bicyclic) bond motifs is 1. The highest BCUT2D eigenvalue weighted by molar-refractivity contribution is 5.94. The standard InChI is InChI=1S/C19H28N2O5/c1-6-19(7-2)13-9-8-10-14(25-5)15(13)21(17(24)26-19)12-11-18(3,4)20-16(22)23/h8-10,20H,6-7,11-12H2,1-5H3,(H,22,23)/p-1. The van der Waals surface area contributed by atoms with E-state index in [0.29, 0.717) is 30.7 Å². The third kappa shape index (κ3) is 3.71. The fourth-order valence-corrected chi connectivity index (χ4v) is 3.41. The number of carbonyl (C=O) groups is 2. The highest BCUT2D eigenvalue weighted by Crippen LogP contribution is 2.47. The van der Waals surface area contributed by atoms with Crippen molar-refractivity contribution in [2.75, 3.05) is 18.6 Å². The van der Waals surface area contributed by atoms with E-state index < -0.39 is 23.3 Å². The van der Waals surface area contributed by atoms with E-state index in [-0.39, 0.29) is 6.54 Å². The van der Waals surface area contributed by atoms with Crippen LogP contribution in [0.4, 0.5) is 15.3 Å². The minimum absolute atomic E-state index is 0.281. The molecule has 0 bridgehead atoms. The first-order chi connectivity index (χ1) is 12.2. The average Bonchev–Trinajstić information content (AvgIpc) is 2.58. The molecule has 1 heterocycles. The van der Waals surface area contributed by atoms with Crippen LogP contribution in [0.5, 0.6) is 5.75 Å². The number of benzene rings is 1. The number of hydrogen-bond acceptors (Lipinski definition) is 5. The number of carbonyl (C=O) groups excluding carboxylic acids is 2. The zero-order chi connectivity index (χ0) is 19.5. The van der Waals surface area contributed by atoms with E-state index in [1.165, 1.54) is 4.90 Å². The molecule has 1 aromatic rings. The molecule has 7 heteroatoms. The second kappa shape index (κ2) is 7.43. The minimum Gasteiger partial charge on any atom is -0.530 e. The summed E-state index contributed by atoms with van der Waals surface area (Å²) in [5.41, 5.74) is 0.174. The Morgan fingerprint density at radius 1 is 1.35 bits per heavy atom. The molecule has 2 amide bonds. The monoisotopic (exact) mass is 363 g/mol. The number of ether oxygens (including phenoxy) is 2. The summed E-state index contributed by atoms with van der Waals surface area (Å²) in [6, 6.07) is 5.65. The molecule has 0 fully saturated rings. The zero-order valence-electron chi connectivity index (χ0n) is 16.0. The molecule has 0 aromatic heterocycles. The van der Waals surface area contributed by atoms with Crippen molar-refractivity contribution >= 4 is 17.9 Å². The van der Waals surface area contributed by atoms with Gasteiger partial charge in [0.05, 0.1) is 12.8 Å². The fraction of sp³-hybridized carbons (Fsp3) is 0.579. The van der Waals surface area contributed by atoms with E-state index in [0.717, 1.165) is 5.56 Å². The lowest BCUT2D eigenvalue weighted by atomic mass is 9.85. The van der Waals surface area contributed by atoms with Gasteiger partial charge in [-0.3, -0.25) is 4.90 Å². The third-order valence-corrected chi connectivity index (χ3v) is 5.03. The summed E-state index contributed by atoms with van der Waals surface area (Å²) in [5, 5.41) is 13.2. The predicted molar refractivity (Wildman–Crippen MR) is 96.3 cm³/mol. The van der Waals surface area contributed by atoms with Crippen LogP contribution in [-0.2, 0) is 10.3 Å². The average molecular weight is 363 g/mol. The van der Waals surface area contributed by atoms with Crippen LogP contribution >= 0.6 is 0 Å². The van der Waals surface area contributed by atoms with Crippen molar-refractivity contribution in [3.05, 3.63) is 23.8 Å². The summed E-state index contributed by atoms with van der Waals surface area (Å²) in [6.45, 7) is 7.74. The molecule has 0 saturated heterocycles. The van der Waals surface area contributed by atoms with Crippen LogP contribution in [0.3, 0.4) is 0 Å². The Balaban J connectivity index is 2.42. The van der Waals surface area contributed by atoms with Crippen LogP contribution in [0.15, 0.2) is 18.2 Å². The maximum atomic E-state index is 12.8. The highest BCUT2D eigenvalue weighted by atomic mass is 16.6. The van der Waals surface area contributed by atoms with E-state index in [2.05, 4.69) is 5.32 Å². The second-order valence-electron chi connectivity index (χ2n) is 7.12. The van der Waals surface area contributed by atoms with Gasteiger partial charge in [-0.05, 0) is 39.2 Å². The van der Waals surface area contributed by atoms with Crippen molar-refractivity contribution in [2.24, 2.45) is 0 Å². The number of methoxy groups -OCH3 is 1. The van der Waals surface area contributed by atoms with Crippen molar-refractivity contribution < 1.29 is 24.2 Å². The molecule has 1 aromatic carbocycles. The molecule has 0 unspecified atom stereocenters. The molecule has 0 saturated carbocycles. The lowest BCUT2D eigenvalue weighted by molar-refractivity contribution is -0.252. The van der Waals surface area contributed by atoms with Crippen LogP contribution in [0, 0.1) is 0 Å². The Morgan fingerprint density at radius 3 is 2.54 bits per heavy atom. The second-order valence-corrected chi connectivity index (χ2v) is 7.12. The van der Waals surface area contributed by atoms with Crippen molar-refractivity contribution in [2.45, 2.75) is 58.1 Å². The SMILES string of the molecule is CCC1(CC)OC(=O)N(CCC(C)(C)NC(=O)[O-])c2c(OC)cccc21. The van der Waals surface area contributed by atoms with Crippen molar-refractivity contribution in [1.29, 1.82) is 0 Å². The molecule has 7 nitrogen and oxygen atoms in total. The van der Waals surface area contributed by atoms with Crippen LogP contribution in [0.1, 0.15) is 52.5 Å². The Bertz CT molecular complexity index is 683. The van der Waals surface area contributed by atoms with Gasteiger partial charge >= 0.3 is 6.09 Å². The van der Waals surface area contributed by atoms with Crippen LogP contribution < -0.4 is 20.1 Å². The van der Waals surface area contributed by atoms with Crippen LogP contribution in [-0.4, -0.2) is 31.4 Å². The number of amides is 2. The third-order valence-electron chi connectivity index (χ3n) is 5.03. The van der Waals surface area contributed by atoms with Gasteiger partial charge < -0.3 is 24.7 Å². The van der Waals surface area contributed by atoms with Crippen molar-refractivity contribution in [3.8, 4) is 5.75 Å². The number of carboxylic acid groups (broad SMARTS) is 1. The Kier molecular flexibility index (Phi) is 5.68. The first-order valence-electron chi connectivity index (χ1n) is 8.87. The number of rotatable bonds is 7. The van der Waals surface area contributed by atoms with E-state index >= 15 is 0 Å². The zero-order valence-corrected chi connectivity index (χ0v) is 16.0. The van der Waals surface area contributed by atoms with Crippen molar-refractivity contribution in [3.63, 3.8) is 0 Å². The van der Waals surface area contributed by atoms with Gasteiger partial charge in [-0.2, -0.15) is 0 Å². The molecular formula is C19H27N2O5-. The lowest BCUT2D eigenvalue weighted by Gasteiger charge is -2.43. The topological polar surface area (TPSA) is 90.9 Å². The van der Waals surface area contributed by atoms with Gasteiger partial charge in [-0.1, -0.05) is 26.0 Å². The van der Waals surface area contributed by atoms with Gasteiger partial charge in [0.2, 0.25) is 0 Å².